The fraction of sp³-hybridized carbons (Fsp3) is 0.118. The van der Waals surface area contributed by atoms with Crippen LogP contribution in [0.2, 0.25) is 0 Å². The fourth-order valence-corrected chi connectivity index (χ4v) is 1.85. The zero-order valence-corrected chi connectivity index (χ0v) is 11.9. The highest BCUT2D eigenvalue weighted by Crippen LogP contribution is 2.23. The molecule has 1 N–H and O–H groups in total. The molecule has 2 rings (SSSR count). The minimum Gasteiger partial charge on any atom is -0.497 e. The molecule has 0 spiro atoms. The van der Waals surface area contributed by atoms with E-state index in [1.807, 2.05) is 24.3 Å². The number of carbonyl (C=O) groups is 1. The van der Waals surface area contributed by atoms with Gasteiger partial charge in [-0.2, -0.15) is 0 Å². The molecule has 0 unspecified atom stereocenters. The molecule has 0 saturated carbocycles. The van der Waals surface area contributed by atoms with Crippen LogP contribution < -0.4 is 9.47 Å². The van der Waals surface area contributed by atoms with Crippen LogP contribution in [0.5, 0.6) is 11.5 Å². The number of hydrogen-bond acceptors (Lipinski definition) is 3. The van der Waals surface area contributed by atoms with Crippen LogP contribution in [0, 0.1) is 0 Å². The van der Waals surface area contributed by atoms with E-state index in [4.69, 9.17) is 14.6 Å². The largest absolute Gasteiger partial charge is 0.497 e. The maximum Gasteiger partial charge on any atom is 0.335 e. The van der Waals surface area contributed by atoms with Gasteiger partial charge in [0.25, 0.3) is 0 Å². The van der Waals surface area contributed by atoms with E-state index in [-0.39, 0.29) is 5.56 Å². The standard InChI is InChI=1S/C17H16O4/c1-20-15-9-13(10-16(11-15)21-2)4-3-12-5-7-14(8-6-12)17(18)19/h3-11H,1-2H3,(H,18,19). The van der Waals surface area contributed by atoms with Gasteiger partial charge in [-0.1, -0.05) is 24.3 Å². The second-order valence-corrected chi connectivity index (χ2v) is 4.41. The zero-order valence-electron chi connectivity index (χ0n) is 11.9. The first kappa shape index (κ1) is 14.7. The molecule has 0 atom stereocenters. The Labute approximate surface area is 123 Å². The van der Waals surface area contributed by atoms with Crippen molar-refractivity contribution < 1.29 is 19.4 Å². The van der Waals surface area contributed by atoms with Gasteiger partial charge in [0.15, 0.2) is 0 Å². The monoisotopic (exact) mass is 284 g/mol. The minimum absolute atomic E-state index is 0.273. The summed E-state index contributed by atoms with van der Waals surface area (Å²) >= 11 is 0. The molecule has 0 aromatic heterocycles. The van der Waals surface area contributed by atoms with Crippen molar-refractivity contribution in [2.45, 2.75) is 0 Å². The molecule has 0 radical (unpaired) electrons. The van der Waals surface area contributed by atoms with E-state index >= 15 is 0 Å². The van der Waals surface area contributed by atoms with E-state index in [9.17, 15) is 4.79 Å². The third-order valence-electron chi connectivity index (χ3n) is 3.00. The zero-order chi connectivity index (χ0) is 15.2. The molecule has 0 saturated heterocycles. The predicted molar refractivity (Wildman–Crippen MR) is 81.9 cm³/mol. The summed E-state index contributed by atoms with van der Waals surface area (Å²) in [5.74, 6) is 0.508. The van der Waals surface area contributed by atoms with Gasteiger partial charge < -0.3 is 14.6 Å². The Kier molecular flexibility index (Phi) is 4.61. The summed E-state index contributed by atoms with van der Waals surface area (Å²) < 4.78 is 10.4. The predicted octanol–water partition coefficient (Wildman–Crippen LogP) is 3.57. The van der Waals surface area contributed by atoms with E-state index in [1.54, 1.807) is 44.6 Å². The highest BCUT2D eigenvalue weighted by molar-refractivity contribution is 5.88. The Morgan fingerprint density at radius 2 is 1.43 bits per heavy atom. The summed E-state index contributed by atoms with van der Waals surface area (Å²) in [6.45, 7) is 0. The van der Waals surface area contributed by atoms with Gasteiger partial charge in [0, 0.05) is 6.07 Å². The van der Waals surface area contributed by atoms with Crippen molar-refractivity contribution in [3.05, 3.63) is 59.2 Å². The molecule has 4 nitrogen and oxygen atoms in total. The van der Waals surface area contributed by atoms with E-state index < -0.39 is 5.97 Å². The first-order valence-corrected chi connectivity index (χ1v) is 6.37. The summed E-state index contributed by atoms with van der Waals surface area (Å²) in [6.07, 6.45) is 3.82. The lowest BCUT2D eigenvalue weighted by Crippen LogP contribution is -1.94. The molecule has 0 bridgehead atoms. The number of carboxylic acid groups (broad SMARTS) is 1. The lowest BCUT2D eigenvalue weighted by Gasteiger charge is -2.05. The normalized spacial score (nSPS) is 10.6. The molecule has 0 aliphatic carbocycles. The van der Waals surface area contributed by atoms with Crippen molar-refractivity contribution >= 4 is 18.1 Å². The molecule has 108 valence electrons. The first-order chi connectivity index (χ1) is 10.1. The maximum absolute atomic E-state index is 10.8. The van der Waals surface area contributed by atoms with Crippen molar-refractivity contribution in [2.24, 2.45) is 0 Å². The average Bonchev–Trinajstić information content (AvgIpc) is 2.52. The molecule has 2 aromatic rings. The van der Waals surface area contributed by atoms with Crippen LogP contribution in [-0.4, -0.2) is 25.3 Å². The summed E-state index contributed by atoms with van der Waals surface area (Å²) in [5, 5.41) is 8.85. The van der Waals surface area contributed by atoms with Crippen molar-refractivity contribution in [3.8, 4) is 11.5 Å². The molecule has 21 heavy (non-hydrogen) atoms. The highest BCUT2D eigenvalue weighted by Gasteiger charge is 2.01. The molecular weight excluding hydrogens is 268 g/mol. The smallest absolute Gasteiger partial charge is 0.335 e. The fourth-order valence-electron chi connectivity index (χ4n) is 1.85. The maximum atomic E-state index is 10.8. The Bertz CT molecular complexity index is 635. The highest BCUT2D eigenvalue weighted by atomic mass is 16.5. The summed E-state index contributed by atoms with van der Waals surface area (Å²) in [6, 6.07) is 12.3. The van der Waals surface area contributed by atoms with Gasteiger partial charge in [0.2, 0.25) is 0 Å². The van der Waals surface area contributed by atoms with Gasteiger partial charge in [-0.05, 0) is 35.4 Å². The Morgan fingerprint density at radius 1 is 0.905 bits per heavy atom. The molecule has 0 amide bonds. The SMILES string of the molecule is COc1cc(C=Cc2ccc(C(=O)O)cc2)cc(OC)c1. The van der Waals surface area contributed by atoms with Crippen LogP contribution in [-0.2, 0) is 0 Å². The van der Waals surface area contributed by atoms with Gasteiger partial charge >= 0.3 is 5.97 Å². The van der Waals surface area contributed by atoms with E-state index in [1.165, 1.54) is 0 Å². The van der Waals surface area contributed by atoms with Gasteiger partial charge in [-0.3, -0.25) is 0 Å². The Balaban J connectivity index is 2.22. The minimum atomic E-state index is -0.928. The van der Waals surface area contributed by atoms with E-state index in [0.717, 1.165) is 22.6 Å². The number of aromatic carboxylic acids is 1. The second-order valence-electron chi connectivity index (χ2n) is 4.41. The van der Waals surface area contributed by atoms with Crippen molar-refractivity contribution in [2.75, 3.05) is 14.2 Å². The third-order valence-corrected chi connectivity index (χ3v) is 3.00. The number of hydrogen-bond donors (Lipinski definition) is 1. The van der Waals surface area contributed by atoms with Crippen molar-refractivity contribution in [1.29, 1.82) is 0 Å². The van der Waals surface area contributed by atoms with Crippen LogP contribution >= 0.6 is 0 Å². The van der Waals surface area contributed by atoms with E-state index in [2.05, 4.69) is 0 Å². The Morgan fingerprint density at radius 3 is 1.90 bits per heavy atom. The quantitative estimate of drug-likeness (QED) is 0.853. The molecule has 0 aliphatic rings. The van der Waals surface area contributed by atoms with Crippen molar-refractivity contribution in [1.82, 2.24) is 0 Å². The van der Waals surface area contributed by atoms with Crippen LogP contribution in [0.3, 0.4) is 0 Å². The van der Waals surface area contributed by atoms with Gasteiger partial charge in [-0.15, -0.1) is 0 Å². The van der Waals surface area contributed by atoms with Crippen LogP contribution in [0.25, 0.3) is 12.2 Å². The van der Waals surface area contributed by atoms with Crippen LogP contribution in [0.4, 0.5) is 0 Å². The lowest BCUT2D eigenvalue weighted by atomic mass is 10.1. The molecule has 0 fully saturated rings. The molecule has 0 heterocycles. The average molecular weight is 284 g/mol. The number of methoxy groups -OCH3 is 2. The van der Waals surface area contributed by atoms with Crippen LogP contribution in [0.1, 0.15) is 21.5 Å². The lowest BCUT2D eigenvalue weighted by molar-refractivity contribution is 0.0697. The molecule has 0 aliphatic heterocycles. The van der Waals surface area contributed by atoms with Crippen molar-refractivity contribution in [3.63, 3.8) is 0 Å². The summed E-state index contributed by atoms with van der Waals surface area (Å²) in [4.78, 5) is 10.8. The Hall–Kier alpha value is -2.75. The first-order valence-electron chi connectivity index (χ1n) is 6.37. The summed E-state index contributed by atoms with van der Waals surface area (Å²) in [5.41, 5.74) is 2.13. The molecule has 4 heteroatoms. The van der Waals surface area contributed by atoms with Gasteiger partial charge in [0.05, 0.1) is 19.8 Å². The third kappa shape index (κ3) is 3.86. The van der Waals surface area contributed by atoms with Crippen LogP contribution in [0.15, 0.2) is 42.5 Å². The number of rotatable bonds is 5. The van der Waals surface area contributed by atoms with E-state index in [0.29, 0.717) is 0 Å². The second kappa shape index (κ2) is 6.61. The molecular formula is C17H16O4. The van der Waals surface area contributed by atoms with Gasteiger partial charge in [0.1, 0.15) is 11.5 Å². The topological polar surface area (TPSA) is 55.8 Å². The summed E-state index contributed by atoms with van der Waals surface area (Å²) in [7, 11) is 3.21. The van der Waals surface area contributed by atoms with Gasteiger partial charge in [-0.25, -0.2) is 4.79 Å². The number of benzene rings is 2. The molecule has 2 aromatic carbocycles. The number of carboxylic acids is 1. The number of ether oxygens (including phenoxy) is 2.